The van der Waals surface area contributed by atoms with Gasteiger partial charge >= 0.3 is 0 Å². The fourth-order valence-corrected chi connectivity index (χ4v) is 3.88. The molecule has 0 aliphatic carbocycles. The standard InChI is InChI=1S/C22H25N3OS/c27-22-23-17-21(18-7-3-1-4-8-18)25(22)19-9-11-20(12-10-19)26-16-15-24-13-5-2-6-14-24/h1,3-4,7-12,17H,2,5-6,13-16H2,(H,23,27). The van der Waals surface area contributed by atoms with E-state index in [2.05, 4.69) is 38.7 Å². The summed E-state index contributed by atoms with van der Waals surface area (Å²) in [5, 5.41) is 0. The van der Waals surface area contributed by atoms with Crippen LogP contribution in [0, 0.1) is 4.77 Å². The van der Waals surface area contributed by atoms with Crippen molar-refractivity contribution in [2.45, 2.75) is 19.3 Å². The number of likely N-dealkylation sites (tertiary alicyclic amines) is 1. The number of nitrogens with one attached hydrogen (secondary N) is 1. The van der Waals surface area contributed by atoms with E-state index in [1.807, 2.05) is 36.5 Å². The van der Waals surface area contributed by atoms with Crippen LogP contribution in [-0.4, -0.2) is 40.7 Å². The Labute approximate surface area is 165 Å². The first-order chi connectivity index (χ1) is 13.3. The first kappa shape index (κ1) is 18.0. The maximum Gasteiger partial charge on any atom is 0.182 e. The minimum absolute atomic E-state index is 0.688. The molecule has 0 bridgehead atoms. The quantitative estimate of drug-likeness (QED) is 0.607. The lowest BCUT2D eigenvalue weighted by atomic mass is 10.1. The van der Waals surface area contributed by atoms with Gasteiger partial charge in [-0.1, -0.05) is 36.8 Å². The van der Waals surface area contributed by atoms with E-state index >= 15 is 0 Å². The molecule has 2 heterocycles. The van der Waals surface area contributed by atoms with Gasteiger partial charge in [-0.05, 0) is 62.4 Å². The van der Waals surface area contributed by atoms with Gasteiger partial charge in [-0.3, -0.25) is 9.47 Å². The number of aromatic amines is 1. The van der Waals surface area contributed by atoms with Crippen molar-refractivity contribution in [1.29, 1.82) is 0 Å². The third kappa shape index (κ3) is 4.31. The predicted octanol–water partition coefficient (Wildman–Crippen LogP) is 5.07. The van der Waals surface area contributed by atoms with Gasteiger partial charge in [0.05, 0.1) is 5.69 Å². The van der Waals surface area contributed by atoms with E-state index in [4.69, 9.17) is 17.0 Å². The first-order valence-electron chi connectivity index (χ1n) is 9.63. The zero-order chi connectivity index (χ0) is 18.5. The molecule has 1 aromatic heterocycles. The van der Waals surface area contributed by atoms with Crippen molar-refractivity contribution >= 4 is 12.2 Å². The molecule has 0 radical (unpaired) electrons. The predicted molar refractivity (Wildman–Crippen MR) is 112 cm³/mol. The molecule has 0 unspecified atom stereocenters. The Kier molecular flexibility index (Phi) is 5.70. The Morgan fingerprint density at radius 1 is 0.926 bits per heavy atom. The Hall–Kier alpha value is -2.37. The number of hydrogen-bond acceptors (Lipinski definition) is 3. The molecule has 4 rings (SSSR count). The summed E-state index contributed by atoms with van der Waals surface area (Å²) in [6.45, 7) is 4.15. The van der Waals surface area contributed by atoms with E-state index in [1.54, 1.807) is 0 Å². The fraction of sp³-hybridized carbons (Fsp3) is 0.318. The molecule has 0 spiro atoms. The van der Waals surface area contributed by atoms with Gasteiger partial charge in [0.25, 0.3) is 0 Å². The Balaban J connectivity index is 1.45. The summed E-state index contributed by atoms with van der Waals surface area (Å²) in [7, 11) is 0. The molecule has 1 fully saturated rings. The number of aromatic nitrogens is 2. The molecule has 0 saturated carbocycles. The highest BCUT2D eigenvalue weighted by atomic mass is 32.1. The van der Waals surface area contributed by atoms with Gasteiger partial charge in [-0.25, -0.2) is 0 Å². The van der Waals surface area contributed by atoms with Crippen molar-refractivity contribution in [2.24, 2.45) is 0 Å². The van der Waals surface area contributed by atoms with Gasteiger partial charge in [0, 0.05) is 24.0 Å². The largest absolute Gasteiger partial charge is 0.492 e. The molecule has 27 heavy (non-hydrogen) atoms. The number of ether oxygens (including phenoxy) is 1. The van der Waals surface area contributed by atoms with E-state index in [-0.39, 0.29) is 0 Å². The molecule has 4 nitrogen and oxygen atoms in total. The lowest BCUT2D eigenvalue weighted by Gasteiger charge is -2.26. The van der Waals surface area contributed by atoms with E-state index in [9.17, 15) is 0 Å². The monoisotopic (exact) mass is 379 g/mol. The van der Waals surface area contributed by atoms with Crippen molar-refractivity contribution in [3.05, 3.63) is 65.6 Å². The summed E-state index contributed by atoms with van der Waals surface area (Å²) in [4.78, 5) is 5.65. The zero-order valence-corrected chi connectivity index (χ0v) is 16.3. The second-order valence-corrected chi connectivity index (χ2v) is 7.31. The van der Waals surface area contributed by atoms with Crippen molar-refractivity contribution < 1.29 is 4.74 Å². The third-order valence-electron chi connectivity index (χ3n) is 5.07. The number of H-pyrrole nitrogens is 1. The maximum atomic E-state index is 5.94. The van der Waals surface area contributed by atoms with Crippen molar-refractivity contribution in [2.75, 3.05) is 26.2 Å². The van der Waals surface area contributed by atoms with Crippen LogP contribution in [0.1, 0.15) is 19.3 Å². The minimum atomic E-state index is 0.688. The topological polar surface area (TPSA) is 33.2 Å². The van der Waals surface area contributed by atoms with Gasteiger partial charge in [-0.2, -0.15) is 0 Å². The number of nitrogens with zero attached hydrogens (tertiary/aromatic N) is 2. The average molecular weight is 380 g/mol. The van der Waals surface area contributed by atoms with Crippen molar-refractivity contribution in [3.8, 4) is 22.7 Å². The van der Waals surface area contributed by atoms with Crippen LogP contribution in [0.15, 0.2) is 60.8 Å². The van der Waals surface area contributed by atoms with Crippen LogP contribution in [0.2, 0.25) is 0 Å². The Morgan fingerprint density at radius 3 is 2.41 bits per heavy atom. The number of piperidine rings is 1. The highest BCUT2D eigenvalue weighted by Gasteiger charge is 2.10. The SMILES string of the molecule is S=c1[nH]cc(-c2ccccc2)n1-c1ccc(OCCN2CCCCC2)cc1. The van der Waals surface area contributed by atoms with E-state index in [1.165, 1.54) is 32.4 Å². The number of hydrogen-bond donors (Lipinski definition) is 1. The normalized spacial score (nSPS) is 15.0. The van der Waals surface area contributed by atoms with Crippen LogP contribution in [-0.2, 0) is 0 Å². The van der Waals surface area contributed by atoms with Crippen molar-refractivity contribution in [1.82, 2.24) is 14.5 Å². The molecule has 1 aliphatic rings. The van der Waals surface area contributed by atoms with Gasteiger partial charge in [0.15, 0.2) is 4.77 Å². The first-order valence-corrected chi connectivity index (χ1v) is 10.0. The van der Waals surface area contributed by atoms with Crippen LogP contribution < -0.4 is 4.74 Å². The summed E-state index contributed by atoms with van der Waals surface area (Å²) in [6, 6.07) is 18.4. The second-order valence-electron chi connectivity index (χ2n) is 6.93. The zero-order valence-electron chi connectivity index (χ0n) is 15.4. The summed E-state index contributed by atoms with van der Waals surface area (Å²) < 4.78 is 8.69. The van der Waals surface area contributed by atoms with Gasteiger partial charge in [0.1, 0.15) is 12.4 Å². The third-order valence-corrected chi connectivity index (χ3v) is 5.37. The summed E-state index contributed by atoms with van der Waals surface area (Å²) >= 11 is 5.50. The molecule has 3 aromatic rings. The highest BCUT2D eigenvalue weighted by Crippen LogP contribution is 2.24. The molecule has 1 aliphatic heterocycles. The van der Waals surface area contributed by atoms with Crippen LogP contribution in [0.4, 0.5) is 0 Å². The van der Waals surface area contributed by atoms with Crippen LogP contribution in [0.3, 0.4) is 0 Å². The average Bonchev–Trinajstić information content (AvgIpc) is 3.11. The van der Waals surface area contributed by atoms with Crippen LogP contribution >= 0.6 is 12.2 Å². The molecule has 1 N–H and O–H groups in total. The summed E-state index contributed by atoms with van der Waals surface area (Å²) in [5.74, 6) is 0.902. The molecular formula is C22H25N3OS. The number of benzene rings is 2. The lowest BCUT2D eigenvalue weighted by molar-refractivity contribution is 0.183. The van der Waals surface area contributed by atoms with Crippen LogP contribution in [0.5, 0.6) is 5.75 Å². The summed E-state index contributed by atoms with van der Waals surface area (Å²) in [5.41, 5.74) is 3.22. The van der Waals surface area contributed by atoms with Crippen LogP contribution in [0.25, 0.3) is 16.9 Å². The number of imidazole rings is 1. The second kappa shape index (κ2) is 8.55. The van der Waals surface area contributed by atoms with Crippen molar-refractivity contribution in [3.63, 3.8) is 0 Å². The van der Waals surface area contributed by atoms with Gasteiger partial charge < -0.3 is 9.72 Å². The van der Waals surface area contributed by atoms with E-state index in [0.717, 1.165) is 35.8 Å². The lowest BCUT2D eigenvalue weighted by Crippen LogP contribution is -2.33. The molecule has 5 heteroatoms. The highest BCUT2D eigenvalue weighted by molar-refractivity contribution is 7.71. The summed E-state index contributed by atoms with van der Waals surface area (Å²) in [6.07, 6.45) is 5.96. The Bertz CT molecular complexity index is 909. The molecule has 0 amide bonds. The van der Waals surface area contributed by atoms with E-state index in [0.29, 0.717) is 4.77 Å². The maximum absolute atomic E-state index is 5.94. The smallest absolute Gasteiger partial charge is 0.182 e. The van der Waals surface area contributed by atoms with E-state index < -0.39 is 0 Å². The molecule has 140 valence electrons. The number of rotatable bonds is 6. The van der Waals surface area contributed by atoms with Gasteiger partial charge in [-0.15, -0.1) is 0 Å². The Morgan fingerprint density at radius 2 is 1.67 bits per heavy atom. The minimum Gasteiger partial charge on any atom is -0.492 e. The fourth-order valence-electron chi connectivity index (χ4n) is 3.61. The molecule has 2 aromatic carbocycles. The molecular weight excluding hydrogens is 354 g/mol. The molecule has 0 atom stereocenters. The van der Waals surface area contributed by atoms with Gasteiger partial charge in [0.2, 0.25) is 0 Å². The molecule has 1 saturated heterocycles.